The number of aryl methyl sites for hydroxylation is 1. The molecule has 0 aliphatic heterocycles. The summed E-state index contributed by atoms with van der Waals surface area (Å²) in [5.74, 6) is 0.694. The number of thioether (sulfide) groups is 1. The summed E-state index contributed by atoms with van der Waals surface area (Å²) in [5, 5.41) is 10.0. The predicted octanol–water partition coefficient (Wildman–Crippen LogP) is 5.34. The van der Waals surface area contributed by atoms with Crippen molar-refractivity contribution in [3.63, 3.8) is 0 Å². The third-order valence-corrected chi connectivity index (χ3v) is 6.69. The van der Waals surface area contributed by atoms with Crippen LogP contribution in [0, 0.1) is 12.7 Å². The Morgan fingerprint density at radius 1 is 1.03 bits per heavy atom. The minimum absolute atomic E-state index is 0.00866. The van der Waals surface area contributed by atoms with Crippen molar-refractivity contribution in [1.29, 1.82) is 0 Å². The molecular formula is C25H21FN4O2S. The molecule has 0 N–H and O–H groups in total. The number of nitrogens with zero attached hydrogens (tertiary/aromatic N) is 4. The van der Waals surface area contributed by atoms with E-state index in [-0.39, 0.29) is 16.6 Å². The van der Waals surface area contributed by atoms with Crippen LogP contribution in [0.15, 0.2) is 76.7 Å². The largest absolute Gasteiger partial charge is 0.495 e. The van der Waals surface area contributed by atoms with Crippen molar-refractivity contribution >= 4 is 28.4 Å². The van der Waals surface area contributed by atoms with E-state index in [9.17, 15) is 9.18 Å². The van der Waals surface area contributed by atoms with Gasteiger partial charge in [0.05, 0.1) is 23.7 Å². The van der Waals surface area contributed by atoms with Crippen LogP contribution < -0.4 is 10.3 Å². The first-order valence-electron chi connectivity index (χ1n) is 10.4. The number of methoxy groups -OCH3 is 1. The van der Waals surface area contributed by atoms with E-state index in [4.69, 9.17) is 4.74 Å². The maximum absolute atomic E-state index is 13.6. The van der Waals surface area contributed by atoms with Crippen LogP contribution in [0.1, 0.15) is 23.3 Å². The van der Waals surface area contributed by atoms with Gasteiger partial charge >= 0.3 is 0 Å². The first-order valence-corrected chi connectivity index (χ1v) is 11.3. The van der Waals surface area contributed by atoms with E-state index in [0.29, 0.717) is 27.8 Å². The SMILES string of the molecule is COc1ccc(C)cc1-n1c(=O)c2ccccc2n2c(SC(C)c3ccc(F)cc3)nnc12. The summed E-state index contributed by atoms with van der Waals surface area (Å²) >= 11 is 1.50. The minimum Gasteiger partial charge on any atom is -0.495 e. The zero-order valence-electron chi connectivity index (χ0n) is 18.3. The molecule has 2 aromatic heterocycles. The number of fused-ring (bicyclic) bond motifs is 3. The number of hydrogen-bond acceptors (Lipinski definition) is 5. The number of benzene rings is 3. The molecule has 1 unspecified atom stereocenters. The molecular weight excluding hydrogens is 439 g/mol. The molecule has 0 saturated carbocycles. The molecule has 5 rings (SSSR count). The van der Waals surface area contributed by atoms with Gasteiger partial charge in [-0.15, -0.1) is 10.2 Å². The molecule has 0 fully saturated rings. The lowest BCUT2D eigenvalue weighted by atomic mass is 10.2. The van der Waals surface area contributed by atoms with Gasteiger partial charge in [-0.3, -0.25) is 9.20 Å². The van der Waals surface area contributed by atoms with Crippen LogP contribution in [0.5, 0.6) is 5.75 Å². The van der Waals surface area contributed by atoms with Gasteiger partial charge in [0.15, 0.2) is 5.16 Å². The third kappa shape index (κ3) is 3.66. The fourth-order valence-electron chi connectivity index (χ4n) is 3.91. The second-order valence-corrected chi connectivity index (χ2v) is 9.07. The summed E-state index contributed by atoms with van der Waals surface area (Å²) in [5.41, 5.74) is 3.09. The standard InChI is InChI=1S/C25H21FN4O2S/c1-15-8-13-22(32-3)21(14-15)29-23(31)19-6-4-5-7-20(19)30-24(29)27-28-25(30)33-16(2)17-9-11-18(26)12-10-17/h4-14,16H,1-3H3. The monoisotopic (exact) mass is 460 g/mol. The molecule has 0 spiro atoms. The average molecular weight is 461 g/mol. The first kappa shape index (κ1) is 21.2. The molecule has 0 aliphatic rings. The molecule has 0 aliphatic carbocycles. The Kier molecular flexibility index (Phi) is 5.38. The van der Waals surface area contributed by atoms with Gasteiger partial charge in [-0.05, 0) is 61.4 Å². The number of para-hydroxylation sites is 1. The van der Waals surface area contributed by atoms with Gasteiger partial charge in [-0.25, -0.2) is 8.96 Å². The predicted molar refractivity (Wildman–Crippen MR) is 128 cm³/mol. The topological polar surface area (TPSA) is 61.4 Å². The van der Waals surface area contributed by atoms with Crippen LogP contribution in [-0.4, -0.2) is 26.3 Å². The van der Waals surface area contributed by atoms with Gasteiger partial charge in [0.2, 0.25) is 5.78 Å². The lowest BCUT2D eigenvalue weighted by molar-refractivity contribution is 0.412. The van der Waals surface area contributed by atoms with Crippen molar-refractivity contribution in [2.24, 2.45) is 0 Å². The zero-order valence-corrected chi connectivity index (χ0v) is 19.1. The Hall–Kier alpha value is -3.65. The summed E-state index contributed by atoms with van der Waals surface area (Å²) in [7, 11) is 1.58. The number of hydrogen-bond donors (Lipinski definition) is 0. The highest BCUT2D eigenvalue weighted by atomic mass is 32.2. The van der Waals surface area contributed by atoms with Crippen molar-refractivity contribution in [2.45, 2.75) is 24.3 Å². The molecule has 0 saturated heterocycles. The molecule has 5 aromatic rings. The normalized spacial score (nSPS) is 12.4. The second kappa shape index (κ2) is 8.37. The highest BCUT2D eigenvalue weighted by Crippen LogP contribution is 2.35. The Balaban J connectivity index is 1.76. The highest BCUT2D eigenvalue weighted by molar-refractivity contribution is 7.99. The maximum atomic E-state index is 13.6. The fraction of sp³-hybridized carbons (Fsp3) is 0.160. The number of halogens is 1. The van der Waals surface area contributed by atoms with Crippen LogP contribution in [0.4, 0.5) is 4.39 Å². The number of aromatic nitrogens is 4. The van der Waals surface area contributed by atoms with Gasteiger partial charge in [-0.1, -0.05) is 42.1 Å². The lowest BCUT2D eigenvalue weighted by Crippen LogP contribution is -2.22. The number of rotatable bonds is 5. The molecule has 1 atom stereocenters. The Morgan fingerprint density at radius 2 is 1.79 bits per heavy atom. The average Bonchev–Trinajstić information content (AvgIpc) is 3.23. The van der Waals surface area contributed by atoms with Crippen LogP contribution in [0.3, 0.4) is 0 Å². The van der Waals surface area contributed by atoms with Crippen molar-refractivity contribution in [3.05, 3.63) is 94.0 Å². The molecule has 6 nitrogen and oxygen atoms in total. The van der Waals surface area contributed by atoms with E-state index in [1.54, 1.807) is 29.9 Å². The zero-order chi connectivity index (χ0) is 23.1. The van der Waals surface area contributed by atoms with E-state index < -0.39 is 0 Å². The van der Waals surface area contributed by atoms with Crippen LogP contribution in [-0.2, 0) is 0 Å². The van der Waals surface area contributed by atoms with Crippen molar-refractivity contribution < 1.29 is 9.13 Å². The minimum atomic E-state index is -0.272. The second-order valence-electron chi connectivity index (χ2n) is 7.76. The van der Waals surface area contributed by atoms with Crippen LogP contribution in [0.25, 0.3) is 22.4 Å². The molecule has 166 valence electrons. The van der Waals surface area contributed by atoms with Crippen LogP contribution in [0.2, 0.25) is 0 Å². The van der Waals surface area contributed by atoms with Crippen LogP contribution >= 0.6 is 11.8 Å². The summed E-state index contributed by atoms with van der Waals surface area (Å²) < 4.78 is 22.4. The van der Waals surface area contributed by atoms with Gasteiger partial charge in [0.1, 0.15) is 11.6 Å². The van der Waals surface area contributed by atoms with E-state index in [1.807, 2.05) is 54.6 Å². The fourth-order valence-corrected chi connectivity index (χ4v) is 4.89. The van der Waals surface area contributed by atoms with E-state index in [1.165, 1.54) is 23.9 Å². The summed E-state index contributed by atoms with van der Waals surface area (Å²) in [4.78, 5) is 13.6. The lowest BCUT2D eigenvalue weighted by Gasteiger charge is -2.15. The third-order valence-electron chi connectivity index (χ3n) is 5.59. The Labute approximate surface area is 193 Å². The maximum Gasteiger partial charge on any atom is 0.267 e. The van der Waals surface area contributed by atoms with E-state index in [2.05, 4.69) is 10.2 Å². The highest BCUT2D eigenvalue weighted by Gasteiger charge is 2.21. The molecule has 0 bridgehead atoms. The van der Waals surface area contributed by atoms with Gasteiger partial charge in [0, 0.05) is 5.25 Å². The number of ether oxygens (including phenoxy) is 1. The summed E-state index contributed by atoms with van der Waals surface area (Å²) in [6, 6.07) is 19.5. The van der Waals surface area contributed by atoms with Crippen molar-refractivity contribution in [1.82, 2.24) is 19.2 Å². The Bertz CT molecular complexity index is 1540. The molecule has 0 radical (unpaired) electrons. The molecule has 3 aromatic carbocycles. The molecule has 33 heavy (non-hydrogen) atoms. The Morgan fingerprint density at radius 3 is 2.55 bits per heavy atom. The molecule has 2 heterocycles. The van der Waals surface area contributed by atoms with Gasteiger partial charge in [-0.2, -0.15) is 0 Å². The first-order chi connectivity index (χ1) is 16.0. The van der Waals surface area contributed by atoms with Crippen molar-refractivity contribution in [2.75, 3.05) is 7.11 Å². The molecule has 8 heteroatoms. The van der Waals surface area contributed by atoms with Gasteiger partial charge < -0.3 is 4.74 Å². The van der Waals surface area contributed by atoms with Gasteiger partial charge in [0.25, 0.3) is 5.56 Å². The smallest absolute Gasteiger partial charge is 0.267 e. The summed E-state index contributed by atoms with van der Waals surface area (Å²) in [6.45, 7) is 3.99. The van der Waals surface area contributed by atoms with E-state index in [0.717, 1.165) is 16.6 Å². The summed E-state index contributed by atoms with van der Waals surface area (Å²) in [6.07, 6.45) is 0. The molecule has 0 amide bonds. The van der Waals surface area contributed by atoms with E-state index >= 15 is 0 Å². The quantitative estimate of drug-likeness (QED) is 0.331. The van der Waals surface area contributed by atoms with Crippen molar-refractivity contribution in [3.8, 4) is 11.4 Å².